The summed E-state index contributed by atoms with van der Waals surface area (Å²) in [5.74, 6) is 0.0824. The van der Waals surface area contributed by atoms with Gasteiger partial charge in [0.1, 0.15) is 0 Å². The van der Waals surface area contributed by atoms with Gasteiger partial charge in [0.15, 0.2) is 0 Å². The van der Waals surface area contributed by atoms with E-state index in [1.54, 1.807) is 0 Å². The highest BCUT2D eigenvalue weighted by Crippen LogP contribution is 2.28. The van der Waals surface area contributed by atoms with E-state index >= 15 is 0 Å². The molecule has 0 spiro atoms. The maximum atomic E-state index is 11.1. The fraction of sp³-hybridized carbons (Fsp3) is 0.300. The van der Waals surface area contributed by atoms with Gasteiger partial charge in [0, 0.05) is 10.9 Å². The van der Waals surface area contributed by atoms with Crippen LogP contribution >= 0.6 is 12.6 Å². The molecule has 1 aromatic rings. The highest BCUT2D eigenvalue weighted by molar-refractivity contribution is 7.80. The average molecular weight is 193 g/mol. The van der Waals surface area contributed by atoms with Crippen molar-refractivity contribution >= 4 is 24.2 Å². The van der Waals surface area contributed by atoms with Crippen LogP contribution < -0.4 is 5.32 Å². The lowest BCUT2D eigenvalue weighted by molar-refractivity contribution is -0.115. The summed E-state index contributed by atoms with van der Waals surface area (Å²) in [5.41, 5.74) is 3.20. The number of nitrogens with one attached hydrogen (secondary N) is 1. The monoisotopic (exact) mass is 193 g/mol. The van der Waals surface area contributed by atoms with Crippen molar-refractivity contribution < 1.29 is 4.79 Å². The molecule has 13 heavy (non-hydrogen) atoms. The molecular weight excluding hydrogens is 182 g/mol. The first-order valence-corrected chi connectivity index (χ1v) is 4.79. The van der Waals surface area contributed by atoms with E-state index in [4.69, 9.17) is 0 Å². The summed E-state index contributed by atoms with van der Waals surface area (Å²) in [5, 5.41) is 3.02. The minimum absolute atomic E-state index is 0.0824. The van der Waals surface area contributed by atoms with Gasteiger partial charge in [-0.2, -0.15) is 12.6 Å². The number of rotatable bonds is 1. The molecular formula is C10H11NOS. The number of benzene rings is 1. The Morgan fingerprint density at radius 1 is 1.54 bits per heavy atom. The zero-order chi connectivity index (χ0) is 9.42. The molecule has 1 unspecified atom stereocenters. The molecule has 1 N–H and O–H groups in total. The fourth-order valence-corrected chi connectivity index (χ4v) is 1.67. The minimum atomic E-state index is 0.0824. The second kappa shape index (κ2) is 3.07. The van der Waals surface area contributed by atoms with E-state index in [1.807, 2.05) is 25.1 Å². The van der Waals surface area contributed by atoms with Crippen LogP contribution in [0.2, 0.25) is 0 Å². The molecule has 1 amide bonds. The van der Waals surface area contributed by atoms with Gasteiger partial charge in [-0.05, 0) is 24.1 Å². The summed E-state index contributed by atoms with van der Waals surface area (Å²) in [4.78, 5) is 11.1. The Bertz CT molecular complexity index is 360. The Labute approximate surface area is 82.8 Å². The van der Waals surface area contributed by atoms with Crippen molar-refractivity contribution in [2.75, 3.05) is 5.32 Å². The van der Waals surface area contributed by atoms with Crippen LogP contribution in [0.1, 0.15) is 23.3 Å². The van der Waals surface area contributed by atoms with Gasteiger partial charge in [0.2, 0.25) is 5.91 Å². The van der Waals surface area contributed by atoms with E-state index < -0.39 is 0 Å². The lowest BCUT2D eigenvalue weighted by Crippen LogP contribution is -2.03. The van der Waals surface area contributed by atoms with Gasteiger partial charge in [0.25, 0.3) is 0 Å². The molecule has 1 heterocycles. The highest BCUT2D eigenvalue weighted by Gasteiger charge is 2.17. The number of carbonyl (C=O) groups is 1. The van der Waals surface area contributed by atoms with Crippen LogP contribution in [0.15, 0.2) is 18.2 Å². The Hall–Kier alpha value is -0.960. The number of hydrogen-bond donors (Lipinski definition) is 2. The second-order valence-corrected chi connectivity index (χ2v) is 4.09. The van der Waals surface area contributed by atoms with Gasteiger partial charge in [-0.25, -0.2) is 0 Å². The van der Waals surface area contributed by atoms with Crippen molar-refractivity contribution in [2.24, 2.45) is 0 Å². The van der Waals surface area contributed by atoms with E-state index in [0.717, 1.165) is 11.3 Å². The highest BCUT2D eigenvalue weighted by atomic mass is 32.1. The summed E-state index contributed by atoms with van der Waals surface area (Å²) < 4.78 is 0. The maximum Gasteiger partial charge on any atom is 0.228 e. The van der Waals surface area contributed by atoms with Crippen LogP contribution in [-0.4, -0.2) is 5.91 Å². The molecule has 0 radical (unpaired) electrons. The first kappa shape index (κ1) is 8.63. The molecule has 3 heteroatoms. The van der Waals surface area contributed by atoms with E-state index in [1.165, 1.54) is 5.56 Å². The Morgan fingerprint density at radius 3 is 3.00 bits per heavy atom. The number of thiol groups is 1. The Kier molecular flexibility index (Phi) is 2.04. The van der Waals surface area contributed by atoms with Crippen LogP contribution in [0.5, 0.6) is 0 Å². The van der Waals surface area contributed by atoms with Crippen molar-refractivity contribution in [2.45, 2.75) is 18.6 Å². The van der Waals surface area contributed by atoms with Crippen molar-refractivity contribution in [1.29, 1.82) is 0 Å². The molecule has 2 rings (SSSR count). The average Bonchev–Trinajstić information content (AvgIpc) is 2.42. The molecule has 0 saturated carbocycles. The lowest BCUT2D eigenvalue weighted by atomic mass is 10.1. The Morgan fingerprint density at radius 2 is 2.31 bits per heavy atom. The third kappa shape index (κ3) is 1.56. The minimum Gasteiger partial charge on any atom is -0.326 e. The first-order valence-electron chi connectivity index (χ1n) is 4.27. The predicted octanol–water partition coefficient (Wildman–Crippen LogP) is 2.17. The zero-order valence-electron chi connectivity index (χ0n) is 7.37. The molecule has 1 aromatic carbocycles. The van der Waals surface area contributed by atoms with Crippen LogP contribution in [-0.2, 0) is 11.2 Å². The molecule has 68 valence electrons. The van der Waals surface area contributed by atoms with Gasteiger partial charge in [-0.1, -0.05) is 12.1 Å². The quantitative estimate of drug-likeness (QED) is 0.658. The normalized spacial score (nSPS) is 16.6. The molecule has 0 saturated heterocycles. The van der Waals surface area contributed by atoms with Crippen molar-refractivity contribution in [3.8, 4) is 0 Å². The largest absolute Gasteiger partial charge is 0.326 e. The molecule has 0 aromatic heterocycles. The number of carbonyl (C=O) groups excluding carboxylic acids is 1. The van der Waals surface area contributed by atoms with E-state index in [0.29, 0.717) is 6.42 Å². The molecule has 1 aliphatic heterocycles. The van der Waals surface area contributed by atoms with Crippen LogP contribution in [0.3, 0.4) is 0 Å². The standard InChI is InChI=1S/C10H11NOS/c1-6(13)7-2-3-9-8(4-7)5-10(12)11-9/h2-4,6,13H,5H2,1H3,(H,11,12). The second-order valence-electron chi connectivity index (χ2n) is 3.32. The molecule has 1 atom stereocenters. The Balaban J connectivity index is 2.40. The number of fused-ring (bicyclic) bond motifs is 1. The van der Waals surface area contributed by atoms with E-state index in [9.17, 15) is 4.79 Å². The van der Waals surface area contributed by atoms with Crippen molar-refractivity contribution in [1.82, 2.24) is 0 Å². The summed E-state index contributed by atoms with van der Waals surface area (Å²) in [6.07, 6.45) is 0.504. The summed E-state index contributed by atoms with van der Waals surface area (Å²) in [7, 11) is 0. The lowest BCUT2D eigenvalue weighted by Gasteiger charge is -2.06. The van der Waals surface area contributed by atoms with Gasteiger partial charge >= 0.3 is 0 Å². The van der Waals surface area contributed by atoms with Gasteiger partial charge < -0.3 is 5.32 Å². The van der Waals surface area contributed by atoms with Crippen molar-refractivity contribution in [3.63, 3.8) is 0 Å². The topological polar surface area (TPSA) is 29.1 Å². The molecule has 1 aliphatic rings. The molecule has 0 aliphatic carbocycles. The summed E-state index contributed by atoms with van der Waals surface area (Å²) >= 11 is 4.35. The van der Waals surface area contributed by atoms with E-state index in [-0.39, 0.29) is 11.2 Å². The predicted molar refractivity (Wildman–Crippen MR) is 56.2 cm³/mol. The fourth-order valence-electron chi connectivity index (χ4n) is 1.51. The van der Waals surface area contributed by atoms with Gasteiger partial charge in [-0.3, -0.25) is 4.79 Å². The zero-order valence-corrected chi connectivity index (χ0v) is 8.27. The van der Waals surface area contributed by atoms with Gasteiger partial charge in [-0.15, -0.1) is 0 Å². The number of anilines is 1. The number of amides is 1. The van der Waals surface area contributed by atoms with Gasteiger partial charge in [0.05, 0.1) is 6.42 Å². The molecule has 0 fully saturated rings. The number of hydrogen-bond acceptors (Lipinski definition) is 2. The third-order valence-electron chi connectivity index (χ3n) is 2.24. The van der Waals surface area contributed by atoms with Crippen LogP contribution in [0.25, 0.3) is 0 Å². The molecule has 0 bridgehead atoms. The van der Waals surface area contributed by atoms with E-state index in [2.05, 4.69) is 17.9 Å². The summed E-state index contributed by atoms with van der Waals surface area (Å²) in [6, 6.07) is 6.00. The smallest absolute Gasteiger partial charge is 0.228 e. The van der Waals surface area contributed by atoms with Crippen molar-refractivity contribution in [3.05, 3.63) is 29.3 Å². The third-order valence-corrected chi connectivity index (χ3v) is 2.53. The SMILES string of the molecule is CC(S)c1ccc2c(c1)CC(=O)N2. The first-order chi connectivity index (χ1) is 6.16. The van der Waals surface area contributed by atoms with Crippen LogP contribution in [0.4, 0.5) is 5.69 Å². The maximum absolute atomic E-state index is 11.1. The summed E-state index contributed by atoms with van der Waals surface area (Å²) in [6.45, 7) is 2.02. The van der Waals surface area contributed by atoms with Crippen LogP contribution in [0, 0.1) is 0 Å². The molecule has 2 nitrogen and oxygen atoms in total.